The summed E-state index contributed by atoms with van der Waals surface area (Å²) in [7, 11) is 0. The fourth-order valence-electron chi connectivity index (χ4n) is 3.40. The maximum Gasteiger partial charge on any atom is 0.271 e. The van der Waals surface area contributed by atoms with Crippen LogP contribution in [0.1, 0.15) is 30.3 Å². The molecule has 2 aromatic rings. The van der Waals surface area contributed by atoms with Crippen LogP contribution in [0.4, 0.5) is 0 Å². The summed E-state index contributed by atoms with van der Waals surface area (Å²) in [5.41, 5.74) is 2.20. The molecule has 1 atom stereocenters. The van der Waals surface area contributed by atoms with Crippen molar-refractivity contribution < 1.29 is 9.59 Å². The second-order valence-electron chi connectivity index (χ2n) is 7.46. The number of rotatable bonds is 5. The predicted octanol–water partition coefficient (Wildman–Crippen LogP) is 2.26. The number of carbonyl (C=O) groups is 2. The monoisotopic (exact) mass is 445 g/mol. The second-order valence-corrected chi connectivity index (χ2v) is 8.38. The van der Waals surface area contributed by atoms with Crippen molar-refractivity contribution in [3.8, 4) is 11.3 Å². The van der Waals surface area contributed by atoms with E-state index < -0.39 is 0 Å². The molecule has 8 heteroatoms. The summed E-state index contributed by atoms with van der Waals surface area (Å²) < 4.78 is 1.00. The Morgan fingerprint density at radius 3 is 2.50 bits per heavy atom. The molecule has 1 aliphatic heterocycles. The van der Waals surface area contributed by atoms with E-state index in [2.05, 4.69) is 36.3 Å². The highest BCUT2D eigenvalue weighted by atomic mass is 79.9. The van der Waals surface area contributed by atoms with Crippen LogP contribution in [0, 0.1) is 0 Å². The number of piperazine rings is 1. The van der Waals surface area contributed by atoms with Crippen molar-refractivity contribution in [2.45, 2.75) is 31.8 Å². The lowest BCUT2D eigenvalue weighted by molar-refractivity contribution is -0.126. The van der Waals surface area contributed by atoms with Crippen LogP contribution < -0.4 is 5.32 Å². The number of aromatic amines is 1. The van der Waals surface area contributed by atoms with Gasteiger partial charge in [0.15, 0.2) is 0 Å². The number of hydrogen-bond acceptors (Lipinski definition) is 4. The van der Waals surface area contributed by atoms with E-state index >= 15 is 0 Å². The van der Waals surface area contributed by atoms with Gasteiger partial charge in [0.05, 0.1) is 11.7 Å². The molecule has 0 radical (unpaired) electrons. The second kappa shape index (κ2) is 8.05. The van der Waals surface area contributed by atoms with Crippen LogP contribution in [-0.4, -0.2) is 70.1 Å². The molecule has 0 unspecified atom stereocenters. The van der Waals surface area contributed by atoms with Gasteiger partial charge in [-0.2, -0.15) is 5.10 Å². The summed E-state index contributed by atoms with van der Waals surface area (Å²) in [6, 6.07) is 9.83. The van der Waals surface area contributed by atoms with Crippen molar-refractivity contribution >= 4 is 27.7 Å². The molecular weight excluding hydrogens is 422 g/mol. The van der Waals surface area contributed by atoms with E-state index in [1.807, 2.05) is 36.1 Å². The largest absolute Gasteiger partial charge is 0.352 e. The lowest BCUT2D eigenvalue weighted by Gasteiger charge is -2.37. The van der Waals surface area contributed by atoms with Crippen molar-refractivity contribution in [2.75, 3.05) is 26.2 Å². The van der Waals surface area contributed by atoms with Gasteiger partial charge in [0, 0.05) is 42.3 Å². The Labute approximate surface area is 172 Å². The SMILES string of the molecule is C[C@H](C(=O)NC1CC1)N1CCN(C(=O)c2cc(-c3ccc(Br)cc3)n[nH]2)CC1. The summed E-state index contributed by atoms with van der Waals surface area (Å²) >= 11 is 3.42. The van der Waals surface area contributed by atoms with Gasteiger partial charge in [0.2, 0.25) is 5.91 Å². The Kier molecular flexibility index (Phi) is 5.50. The first-order valence-electron chi connectivity index (χ1n) is 9.66. The first-order chi connectivity index (χ1) is 13.5. The van der Waals surface area contributed by atoms with Gasteiger partial charge in [-0.3, -0.25) is 19.6 Å². The van der Waals surface area contributed by atoms with Crippen molar-refractivity contribution in [1.29, 1.82) is 0 Å². The van der Waals surface area contributed by atoms with Gasteiger partial charge in [-0.05, 0) is 38.0 Å². The van der Waals surface area contributed by atoms with Crippen LogP contribution in [0.5, 0.6) is 0 Å². The van der Waals surface area contributed by atoms with E-state index in [0.29, 0.717) is 37.9 Å². The minimum Gasteiger partial charge on any atom is -0.352 e. The zero-order valence-electron chi connectivity index (χ0n) is 15.8. The maximum absolute atomic E-state index is 12.8. The smallest absolute Gasteiger partial charge is 0.271 e. The summed E-state index contributed by atoms with van der Waals surface area (Å²) in [4.78, 5) is 29.0. The Morgan fingerprint density at radius 2 is 1.86 bits per heavy atom. The van der Waals surface area contributed by atoms with Crippen LogP contribution in [-0.2, 0) is 4.79 Å². The molecule has 2 fully saturated rings. The van der Waals surface area contributed by atoms with Crippen LogP contribution >= 0.6 is 15.9 Å². The van der Waals surface area contributed by atoms with Gasteiger partial charge in [-0.15, -0.1) is 0 Å². The normalized spacial score (nSPS) is 18.7. The van der Waals surface area contributed by atoms with Crippen LogP contribution in [0.3, 0.4) is 0 Å². The molecule has 2 N–H and O–H groups in total. The van der Waals surface area contributed by atoms with Crippen molar-refractivity contribution in [1.82, 2.24) is 25.3 Å². The zero-order valence-corrected chi connectivity index (χ0v) is 17.4. The van der Waals surface area contributed by atoms with E-state index in [-0.39, 0.29) is 17.9 Å². The average molecular weight is 446 g/mol. The number of carbonyl (C=O) groups excluding carboxylic acids is 2. The van der Waals surface area contributed by atoms with Gasteiger partial charge in [-0.1, -0.05) is 28.1 Å². The fourth-order valence-corrected chi connectivity index (χ4v) is 3.66. The molecular formula is C20H24BrN5O2. The molecule has 0 bridgehead atoms. The molecule has 0 spiro atoms. The highest BCUT2D eigenvalue weighted by Crippen LogP contribution is 2.22. The van der Waals surface area contributed by atoms with Crippen molar-refractivity contribution in [2.24, 2.45) is 0 Å². The number of H-pyrrole nitrogens is 1. The molecule has 1 aromatic heterocycles. The summed E-state index contributed by atoms with van der Waals surface area (Å²) in [6.45, 7) is 4.53. The lowest BCUT2D eigenvalue weighted by Crippen LogP contribution is -2.55. The number of hydrogen-bond donors (Lipinski definition) is 2. The minimum atomic E-state index is -0.158. The van der Waals surface area contributed by atoms with E-state index in [4.69, 9.17) is 0 Å². The third-order valence-electron chi connectivity index (χ3n) is 5.40. The quantitative estimate of drug-likeness (QED) is 0.739. The third kappa shape index (κ3) is 4.28. The number of benzene rings is 1. The predicted molar refractivity (Wildman–Crippen MR) is 110 cm³/mol. The Morgan fingerprint density at radius 1 is 1.18 bits per heavy atom. The molecule has 4 rings (SSSR count). The molecule has 2 heterocycles. The van der Waals surface area contributed by atoms with E-state index in [0.717, 1.165) is 28.6 Å². The van der Waals surface area contributed by atoms with E-state index in [9.17, 15) is 9.59 Å². The first-order valence-corrected chi connectivity index (χ1v) is 10.5. The van der Waals surface area contributed by atoms with E-state index in [1.54, 1.807) is 6.07 Å². The zero-order chi connectivity index (χ0) is 19.7. The van der Waals surface area contributed by atoms with Gasteiger partial charge >= 0.3 is 0 Å². The third-order valence-corrected chi connectivity index (χ3v) is 5.93. The molecule has 148 valence electrons. The number of nitrogens with one attached hydrogen (secondary N) is 2. The van der Waals surface area contributed by atoms with Gasteiger partial charge in [0.1, 0.15) is 5.69 Å². The van der Waals surface area contributed by atoms with Gasteiger partial charge in [-0.25, -0.2) is 0 Å². The Balaban J connectivity index is 1.33. The minimum absolute atomic E-state index is 0.0504. The van der Waals surface area contributed by atoms with Crippen LogP contribution in [0.15, 0.2) is 34.8 Å². The van der Waals surface area contributed by atoms with E-state index in [1.165, 1.54) is 0 Å². The van der Waals surface area contributed by atoms with Gasteiger partial charge < -0.3 is 10.2 Å². The molecule has 1 aliphatic carbocycles. The molecule has 28 heavy (non-hydrogen) atoms. The molecule has 1 aromatic carbocycles. The highest BCUT2D eigenvalue weighted by Gasteiger charge is 2.31. The number of halogens is 1. The maximum atomic E-state index is 12.8. The number of amides is 2. The Bertz CT molecular complexity index is 854. The molecule has 2 aliphatic rings. The molecule has 1 saturated carbocycles. The standard InChI is InChI=1S/C20H24BrN5O2/c1-13(19(27)22-16-6-7-16)25-8-10-26(11-9-25)20(28)18-12-17(23-24-18)14-2-4-15(21)5-3-14/h2-5,12-13,16H,6-11H2,1H3,(H,22,27)(H,23,24)/t13-/m1/s1. The molecule has 2 amide bonds. The number of nitrogens with zero attached hydrogens (tertiary/aromatic N) is 3. The van der Waals surface area contributed by atoms with Gasteiger partial charge in [0.25, 0.3) is 5.91 Å². The summed E-state index contributed by atoms with van der Waals surface area (Å²) in [5, 5.41) is 10.2. The summed E-state index contributed by atoms with van der Waals surface area (Å²) in [6.07, 6.45) is 2.18. The summed E-state index contributed by atoms with van der Waals surface area (Å²) in [5.74, 6) is 0.0422. The lowest BCUT2D eigenvalue weighted by atomic mass is 10.1. The first kappa shape index (κ1) is 19.1. The number of aromatic nitrogens is 2. The highest BCUT2D eigenvalue weighted by molar-refractivity contribution is 9.10. The average Bonchev–Trinajstić information content (AvgIpc) is 3.39. The van der Waals surface area contributed by atoms with Crippen molar-refractivity contribution in [3.63, 3.8) is 0 Å². The topological polar surface area (TPSA) is 81.3 Å². The van der Waals surface area contributed by atoms with Crippen molar-refractivity contribution in [3.05, 3.63) is 40.5 Å². The molecule has 7 nitrogen and oxygen atoms in total. The molecule has 1 saturated heterocycles. The fraction of sp³-hybridized carbons (Fsp3) is 0.450. The Hall–Kier alpha value is -2.19. The van der Waals surface area contributed by atoms with Crippen LogP contribution in [0.2, 0.25) is 0 Å². The van der Waals surface area contributed by atoms with Crippen LogP contribution in [0.25, 0.3) is 11.3 Å².